The molecular formula is C18H7F3O8. The summed E-state index contributed by atoms with van der Waals surface area (Å²) in [6.45, 7) is 0. The van der Waals surface area contributed by atoms with Gasteiger partial charge in [0.05, 0.1) is 22.3 Å². The van der Waals surface area contributed by atoms with E-state index in [4.69, 9.17) is 4.74 Å². The van der Waals surface area contributed by atoms with Gasteiger partial charge in [0.2, 0.25) is 0 Å². The van der Waals surface area contributed by atoms with Crippen molar-refractivity contribution >= 4 is 23.9 Å². The summed E-state index contributed by atoms with van der Waals surface area (Å²) >= 11 is 0. The van der Waals surface area contributed by atoms with Crippen LogP contribution in [0.2, 0.25) is 0 Å². The molecule has 2 heterocycles. The topological polar surface area (TPSA) is 116 Å². The Morgan fingerprint density at radius 3 is 1.90 bits per heavy atom. The van der Waals surface area contributed by atoms with Gasteiger partial charge in [-0.05, 0) is 30.3 Å². The molecule has 2 aliphatic heterocycles. The van der Waals surface area contributed by atoms with E-state index in [-0.39, 0.29) is 22.4 Å². The van der Waals surface area contributed by atoms with Gasteiger partial charge in [0, 0.05) is 5.56 Å². The molecule has 0 saturated carbocycles. The molecule has 0 radical (unpaired) electrons. The number of esters is 4. The number of hydrogen-bond donors (Lipinski definition) is 1. The second kappa shape index (κ2) is 6.14. The smallest absolute Gasteiger partial charge is 0.418 e. The van der Waals surface area contributed by atoms with Crippen LogP contribution in [0.4, 0.5) is 13.2 Å². The second-order valence-corrected chi connectivity index (χ2v) is 6.04. The van der Waals surface area contributed by atoms with E-state index in [1.54, 1.807) is 0 Å². The van der Waals surface area contributed by atoms with Crippen molar-refractivity contribution in [3.63, 3.8) is 0 Å². The molecule has 2 aliphatic rings. The average Bonchev–Trinajstić information content (AvgIpc) is 3.08. The number of hydrogen-bond acceptors (Lipinski definition) is 8. The molecule has 0 saturated heterocycles. The summed E-state index contributed by atoms with van der Waals surface area (Å²) in [5.74, 6) is -4.88. The molecule has 4 rings (SSSR count). The number of halogens is 3. The Balaban J connectivity index is 1.81. The fraction of sp³-hybridized carbons (Fsp3) is 0.111. The van der Waals surface area contributed by atoms with Gasteiger partial charge in [-0.25, -0.2) is 19.2 Å². The molecule has 11 heteroatoms. The molecule has 0 amide bonds. The van der Waals surface area contributed by atoms with E-state index in [1.165, 1.54) is 12.1 Å². The standard InChI is InChI=1S/C18H7F3O8/c19-18(20,21)13(22)11-4-9-10(17(26)29-16(9)25)5-12(11)27-6-1-2-7-8(3-6)15(24)28-14(7)23/h1-5,13,22H. The lowest BCUT2D eigenvalue weighted by molar-refractivity contribution is -0.207. The summed E-state index contributed by atoms with van der Waals surface area (Å²) in [4.78, 5) is 46.4. The third kappa shape index (κ3) is 3.01. The van der Waals surface area contributed by atoms with Crippen molar-refractivity contribution < 1.29 is 51.7 Å². The van der Waals surface area contributed by atoms with Gasteiger partial charge in [-0.15, -0.1) is 0 Å². The van der Waals surface area contributed by atoms with Crippen LogP contribution in [0.25, 0.3) is 0 Å². The Hall–Kier alpha value is -3.73. The summed E-state index contributed by atoms with van der Waals surface area (Å²) in [7, 11) is 0. The highest BCUT2D eigenvalue weighted by Gasteiger charge is 2.43. The van der Waals surface area contributed by atoms with Gasteiger partial charge in [0.1, 0.15) is 11.5 Å². The highest BCUT2D eigenvalue weighted by molar-refractivity contribution is 6.15. The number of aliphatic hydroxyl groups is 1. The fourth-order valence-corrected chi connectivity index (χ4v) is 2.86. The zero-order valence-corrected chi connectivity index (χ0v) is 13.9. The molecule has 2 aromatic rings. The highest BCUT2D eigenvalue weighted by atomic mass is 19.4. The van der Waals surface area contributed by atoms with Crippen molar-refractivity contribution in [2.45, 2.75) is 12.3 Å². The van der Waals surface area contributed by atoms with Crippen molar-refractivity contribution in [3.8, 4) is 11.5 Å². The molecule has 148 valence electrons. The number of fused-ring (bicyclic) bond motifs is 2. The SMILES string of the molecule is O=C1OC(=O)c2cc(Oc3cc4c(cc3C(O)C(F)(F)F)C(=O)OC4=O)ccc21. The van der Waals surface area contributed by atoms with Crippen molar-refractivity contribution in [3.05, 3.63) is 58.1 Å². The Morgan fingerprint density at radius 1 is 0.793 bits per heavy atom. The third-order valence-corrected chi connectivity index (χ3v) is 4.22. The number of carbonyl (C=O) groups is 4. The molecule has 0 fully saturated rings. The summed E-state index contributed by atoms with van der Waals surface area (Å²) < 4.78 is 53.3. The van der Waals surface area contributed by atoms with Crippen LogP contribution in [0, 0.1) is 0 Å². The van der Waals surface area contributed by atoms with Crippen LogP contribution in [-0.4, -0.2) is 35.2 Å². The van der Waals surface area contributed by atoms with Crippen LogP contribution in [0.3, 0.4) is 0 Å². The minimum Gasteiger partial charge on any atom is -0.457 e. The Morgan fingerprint density at radius 2 is 1.31 bits per heavy atom. The Kier molecular flexibility index (Phi) is 3.94. The summed E-state index contributed by atoms with van der Waals surface area (Å²) in [6.07, 6.45) is -8.14. The number of aliphatic hydroxyl groups excluding tert-OH is 1. The fourth-order valence-electron chi connectivity index (χ4n) is 2.86. The molecule has 2 aromatic carbocycles. The minimum absolute atomic E-state index is 0.0546. The van der Waals surface area contributed by atoms with Gasteiger partial charge in [0.15, 0.2) is 6.10 Å². The first kappa shape index (κ1) is 18.6. The Labute approximate surface area is 158 Å². The van der Waals surface area contributed by atoms with E-state index in [0.29, 0.717) is 6.07 Å². The second-order valence-electron chi connectivity index (χ2n) is 6.04. The normalized spacial score (nSPS) is 16.3. The van der Waals surface area contributed by atoms with E-state index in [0.717, 1.165) is 12.1 Å². The summed E-state index contributed by atoms with van der Waals surface area (Å²) in [5.41, 5.74) is -1.87. The first-order valence-electron chi connectivity index (χ1n) is 7.84. The van der Waals surface area contributed by atoms with E-state index in [9.17, 15) is 37.5 Å². The molecule has 1 atom stereocenters. The van der Waals surface area contributed by atoms with E-state index < -0.39 is 53.0 Å². The zero-order valence-electron chi connectivity index (χ0n) is 13.9. The van der Waals surface area contributed by atoms with Crippen LogP contribution < -0.4 is 4.74 Å². The maximum atomic E-state index is 13.1. The number of alkyl halides is 3. The molecule has 1 N–H and O–H groups in total. The number of rotatable bonds is 3. The van der Waals surface area contributed by atoms with Gasteiger partial charge in [-0.1, -0.05) is 0 Å². The first-order chi connectivity index (χ1) is 13.6. The molecule has 0 aromatic heterocycles. The van der Waals surface area contributed by atoms with Crippen LogP contribution in [0.5, 0.6) is 11.5 Å². The minimum atomic E-state index is -5.10. The third-order valence-electron chi connectivity index (χ3n) is 4.22. The van der Waals surface area contributed by atoms with Crippen LogP contribution in [0.15, 0.2) is 30.3 Å². The van der Waals surface area contributed by atoms with E-state index in [2.05, 4.69) is 9.47 Å². The lowest BCUT2D eigenvalue weighted by Crippen LogP contribution is -2.21. The van der Waals surface area contributed by atoms with E-state index >= 15 is 0 Å². The van der Waals surface area contributed by atoms with Gasteiger partial charge < -0.3 is 19.3 Å². The summed E-state index contributed by atoms with van der Waals surface area (Å²) in [5, 5.41) is 9.67. The molecule has 8 nitrogen and oxygen atoms in total. The number of cyclic esters (lactones) is 4. The van der Waals surface area contributed by atoms with Gasteiger partial charge >= 0.3 is 30.1 Å². The van der Waals surface area contributed by atoms with Gasteiger partial charge in [-0.2, -0.15) is 13.2 Å². The van der Waals surface area contributed by atoms with E-state index in [1.807, 2.05) is 0 Å². The predicted octanol–water partition coefficient (Wildman–Crippen LogP) is 2.70. The average molecular weight is 408 g/mol. The number of benzene rings is 2. The maximum Gasteiger partial charge on any atom is 0.418 e. The van der Waals surface area contributed by atoms with Gasteiger partial charge in [-0.3, -0.25) is 0 Å². The van der Waals surface area contributed by atoms with Gasteiger partial charge in [0.25, 0.3) is 0 Å². The molecule has 0 bridgehead atoms. The lowest BCUT2D eigenvalue weighted by Gasteiger charge is -2.19. The quantitative estimate of drug-likeness (QED) is 0.609. The van der Waals surface area contributed by atoms with Crippen LogP contribution >= 0.6 is 0 Å². The Bertz CT molecular complexity index is 1120. The summed E-state index contributed by atoms with van der Waals surface area (Å²) in [6, 6.07) is 4.88. The largest absolute Gasteiger partial charge is 0.457 e. The monoisotopic (exact) mass is 408 g/mol. The highest BCUT2D eigenvalue weighted by Crippen LogP contribution is 2.41. The number of carbonyl (C=O) groups excluding carboxylic acids is 4. The molecule has 29 heavy (non-hydrogen) atoms. The molecule has 0 aliphatic carbocycles. The predicted molar refractivity (Wildman–Crippen MR) is 83.5 cm³/mol. The van der Waals surface area contributed by atoms with Crippen molar-refractivity contribution in [1.82, 2.24) is 0 Å². The van der Waals surface area contributed by atoms with Crippen molar-refractivity contribution in [1.29, 1.82) is 0 Å². The number of ether oxygens (including phenoxy) is 3. The molecular weight excluding hydrogens is 401 g/mol. The first-order valence-corrected chi connectivity index (χ1v) is 7.84. The molecule has 0 spiro atoms. The lowest BCUT2D eigenvalue weighted by atomic mass is 10.00. The van der Waals surface area contributed by atoms with Crippen molar-refractivity contribution in [2.75, 3.05) is 0 Å². The molecule has 1 unspecified atom stereocenters. The van der Waals surface area contributed by atoms with Crippen LogP contribution in [0.1, 0.15) is 53.1 Å². The van der Waals surface area contributed by atoms with Crippen molar-refractivity contribution in [2.24, 2.45) is 0 Å². The van der Waals surface area contributed by atoms with Crippen LogP contribution in [-0.2, 0) is 9.47 Å². The zero-order chi connectivity index (χ0) is 21.1. The maximum absolute atomic E-state index is 13.1.